The summed E-state index contributed by atoms with van der Waals surface area (Å²) in [4.78, 5) is 2.07. The zero-order valence-corrected chi connectivity index (χ0v) is 9.25. The van der Waals surface area contributed by atoms with Crippen molar-refractivity contribution in [1.82, 2.24) is 0 Å². The number of hydrogen-bond acceptors (Lipinski definition) is 2. The molecule has 0 aliphatic rings. The maximum Gasteiger partial charge on any atom is 0.0362 e. The summed E-state index contributed by atoms with van der Waals surface area (Å²) in [6, 6.07) is 8.26. The van der Waals surface area contributed by atoms with Crippen LogP contribution in [0.1, 0.15) is 0 Å². The molecule has 0 atom stereocenters. The third-order valence-electron chi connectivity index (χ3n) is 1.90. The standard InChI is InChI=1S/C11H15ClN2/c1-14(2)11-6-4-10(5-7-11)13-9-3-8-12/h3-8,13H,9H2,1-2H3/b8-3+. The highest BCUT2D eigenvalue weighted by Gasteiger charge is 1.94. The van der Waals surface area contributed by atoms with E-state index in [9.17, 15) is 0 Å². The fourth-order valence-electron chi connectivity index (χ4n) is 1.10. The maximum atomic E-state index is 5.41. The van der Waals surface area contributed by atoms with Gasteiger partial charge in [-0.3, -0.25) is 0 Å². The molecule has 1 rings (SSSR count). The Kier molecular flexibility index (Phi) is 4.33. The van der Waals surface area contributed by atoms with Gasteiger partial charge in [-0.1, -0.05) is 17.7 Å². The highest BCUT2D eigenvalue weighted by atomic mass is 35.5. The Morgan fingerprint density at radius 1 is 1.29 bits per heavy atom. The van der Waals surface area contributed by atoms with Crippen LogP contribution in [0.15, 0.2) is 35.9 Å². The average molecular weight is 211 g/mol. The lowest BCUT2D eigenvalue weighted by Crippen LogP contribution is -2.08. The molecule has 1 aromatic rings. The van der Waals surface area contributed by atoms with E-state index in [0.717, 1.165) is 12.2 Å². The van der Waals surface area contributed by atoms with Gasteiger partial charge in [-0.25, -0.2) is 0 Å². The van der Waals surface area contributed by atoms with Crippen LogP contribution in [0, 0.1) is 0 Å². The van der Waals surface area contributed by atoms with E-state index in [1.807, 2.05) is 20.2 Å². The van der Waals surface area contributed by atoms with Crippen molar-refractivity contribution in [3.05, 3.63) is 35.9 Å². The van der Waals surface area contributed by atoms with E-state index in [2.05, 4.69) is 34.5 Å². The molecule has 0 unspecified atom stereocenters. The lowest BCUT2D eigenvalue weighted by Gasteiger charge is -2.12. The van der Waals surface area contributed by atoms with Crippen molar-refractivity contribution in [3.63, 3.8) is 0 Å². The fourth-order valence-corrected chi connectivity index (χ4v) is 1.19. The van der Waals surface area contributed by atoms with Gasteiger partial charge in [0, 0.05) is 37.6 Å². The zero-order chi connectivity index (χ0) is 10.4. The molecule has 0 amide bonds. The molecule has 0 bridgehead atoms. The van der Waals surface area contributed by atoms with Gasteiger partial charge in [-0.2, -0.15) is 0 Å². The van der Waals surface area contributed by atoms with Crippen molar-refractivity contribution in [3.8, 4) is 0 Å². The largest absolute Gasteiger partial charge is 0.382 e. The molecule has 0 aliphatic heterocycles. The lowest BCUT2D eigenvalue weighted by atomic mass is 10.2. The summed E-state index contributed by atoms with van der Waals surface area (Å²) in [5, 5.41) is 3.22. The van der Waals surface area contributed by atoms with E-state index in [4.69, 9.17) is 11.6 Å². The van der Waals surface area contributed by atoms with Crippen LogP contribution in [-0.4, -0.2) is 20.6 Å². The molecule has 1 N–H and O–H groups in total. The molecule has 0 radical (unpaired) electrons. The van der Waals surface area contributed by atoms with E-state index >= 15 is 0 Å². The smallest absolute Gasteiger partial charge is 0.0362 e. The monoisotopic (exact) mass is 210 g/mol. The molecule has 0 saturated heterocycles. The van der Waals surface area contributed by atoms with Crippen LogP contribution in [0.2, 0.25) is 0 Å². The molecule has 3 heteroatoms. The molecule has 2 nitrogen and oxygen atoms in total. The summed E-state index contributed by atoms with van der Waals surface area (Å²) in [5.41, 5.74) is 3.81. The minimum absolute atomic E-state index is 0.755. The van der Waals surface area contributed by atoms with Crippen LogP contribution in [0.4, 0.5) is 11.4 Å². The van der Waals surface area contributed by atoms with Crippen LogP contribution in [0.5, 0.6) is 0 Å². The molecular weight excluding hydrogens is 196 g/mol. The minimum atomic E-state index is 0.755. The SMILES string of the molecule is CN(C)c1ccc(NC/C=C/Cl)cc1. The Bertz CT molecular complexity index is 291. The van der Waals surface area contributed by atoms with E-state index in [1.165, 1.54) is 11.2 Å². The molecule has 0 saturated carbocycles. The van der Waals surface area contributed by atoms with Crippen molar-refractivity contribution in [1.29, 1.82) is 0 Å². The molecule has 0 spiro atoms. The van der Waals surface area contributed by atoms with Crippen LogP contribution < -0.4 is 10.2 Å². The van der Waals surface area contributed by atoms with Crippen molar-refractivity contribution < 1.29 is 0 Å². The Morgan fingerprint density at radius 2 is 1.93 bits per heavy atom. The fraction of sp³-hybridized carbons (Fsp3) is 0.273. The first-order valence-electron chi connectivity index (χ1n) is 4.50. The minimum Gasteiger partial charge on any atom is -0.382 e. The number of halogens is 1. The van der Waals surface area contributed by atoms with Crippen molar-refractivity contribution in [2.75, 3.05) is 30.9 Å². The Balaban J connectivity index is 2.55. The maximum absolute atomic E-state index is 5.41. The number of hydrogen-bond donors (Lipinski definition) is 1. The number of anilines is 2. The Morgan fingerprint density at radius 3 is 2.43 bits per heavy atom. The first-order valence-corrected chi connectivity index (χ1v) is 4.94. The van der Waals surface area contributed by atoms with E-state index in [0.29, 0.717) is 0 Å². The molecule has 0 fully saturated rings. The highest BCUT2D eigenvalue weighted by molar-refractivity contribution is 6.25. The summed E-state index contributed by atoms with van der Waals surface area (Å²) < 4.78 is 0. The summed E-state index contributed by atoms with van der Waals surface area (Å²) >= 11 is 5.41. The lowest BCUT2D eigenvalue weighted by molar-refractivity contribution is 1.13. The number of rotatable bonds is 4. The Labute approximate surface area is 90.2 Å². The normalized spacial score (nSPS) is 10.5. The molecule has 0 heterocycles. The molecule has 0 aliphatic carbocycles. The first kappa shape index (κ1) is 10.9. The third-order valence-corrected chi connectivity index (χ3v) is 2.08. The number of nitrogens with one attached hydrogen (secondary N) is 1. The quantitative estimate of drug-likeness (QED) is 0.822. The molecular formula is C11H15ClN2. The van der Waals surface area contributed by atoms with Crippen LogP contribution in [0.25, 0.3) is 0 Å². The predicted molar refractivity (Wildman–Crippen MR) is 64.3 cm³/mol. The molecule has 1 aromatic carbocycles. The van der Waals surface area contributed by atoms with Gasteiger partial charge in [0.15, 0.2) is 0 Å². The first-order chi connectivity index (χ1) is 6.74. The summed E-state index contributed by atoms with van der Waals surface area (Å²) in [6.07, 6.45) is 1.86. The Hall–Kier alpha value is -1.15. The van der Waals surface area contributed by atoms with Gasteiger partial charge in [0.1, 0.15) is 0 Å². The third kappa shape index (κ3) is 3.30. The molecule has 14 heavy (non-hydrogen) atoms. The molecule has 0 aromatic heterocycles. The second kappa shape index (κ2) is 5.55. The van der Waals surface area contributed by atoms with Crippen molar-refractivity contribution in [2.24, 2.45) is 0 Å². The highest BCUT2D eigenvalue weighted by Crippen LogP contribution is 2.15. The van der Waals surface area contributed by atoms with Crippen molar-refractivity contribution >= 4 is 23.0 Å². The van der Waals surface area contributed by atoms with Gasteiger partial charge in [0.25, 0.3) is 0 Å². The average Bonchev–Trinajstić information content (AvgIpc) is 2.19. The summed E-state index contributed by atoms with van der Waals surface area (Å²) in [5.74, 6) is 0. The van der Waals surface area contributed by atoms with E-state index in [-0.39, 0.29) is 0 Å². The van der Waals surface area contributed by atoms with Crippen LogP contribution >= 0.6 is 11.6 Å². The second-order valence-corrected chi connectivity index (χ2v) is 3.44. The second-order valence-electron chi connectivity index (χ2n) is 3.18. The molecule has 76 valence electrons. The van der Waals surface area contributed by atoms with Crippen molar-refractivity contribution in [2.45, 2.75) is 0 Å². The van der Waals surface area contributed by atoms with E-state index < -0.39 is 0 Å². The van der Waals surface area contributed by atoms with Gasteiger partial charge >= 0.3 is 0 Å². The summed E-state index contributed by atoms with van der Waals surface area (Å²) in [6.45, 7) is 0.755. The number of nitrogens with zero attached hydrogens (tertiary/aromatic N) is 1. The zero-order valence-electron chi connectivity index (χ0n) is 8.50. The number of benzene rings is 1. The predicted octanol–water partition coefficient (Wildman–Crippen LogP) is 2.92. The van der Waals surface area contributed by atoms with E-state index in [1.54, 1.807) is 0 Å². The van der Waals surface area contributed by atoms with Gasteiger partial charge in [-0.05, 0) is 24.3 Å². The van der Waals surface area contributed by atoms with Gasteiger partial charge in [0.2, 0.25) is 0 Å². The van der Waals surface area contributed by atoms with Crippen LogP contribution in [0.3, 0.4) is 0 Å². The van der Waals surface area contributed by atoms with Gasteiger partial charge < -0.3 is 10.2 Å². The van der Waals surface area contributed by atoms with Gasteiger partial charge in [-0.15, -0.1) is 0 Å². The topological polar surface area (TPSA) is 15.3 Å². The van der Waals surface area contributed by atoms with Crippen LogP contribution in [-0.2, 0) is 0 Å². The van der Waals surface area contributed by atoms with Gasteiger partial charge in [0.05, 0.1) is 0 Å². The summed E-state index contributed by atoms with van der Waals surface area (Å²) in [7, 11) is 4.05.